The lowest BCUT2D eigenvalue weighted by Crippen LogP contribution is -2.23. The largest absolute Gasteiger partial charge is 0.469 e. The summed E-state index contributed by atoms with van der Waals surface area (Å²) in [7, 11) is -2.36. The number of carbonyl (C=O) groups is 1. The van der Waals surface area contributed by atoms with Crippen LogP contribution >= 0.6 is 0 Å². The van der Waals surface area contributed by atoms with Crippen LogP contribution in [-0.2, 0) is 19.4 Å². The maximum Gasteiger partial charge on any atom is 0.313 e. The topological polar surface area (TPSA) is 73.6 Å². The summed E-state index contributed by atoms with van der Waals surface area (Å²) in [4.78, 5) is 12.0. The van der Waals surface area contributed by atoms with Crippen LogP contribution in [-0.4, -0.2) is 27.2 Å². The van der Waals surface area contributed by atoms with Gasteiger partial charge >= 0.3 is 5.97 Å². The lowest BCUT2D eigenvalue weighted by Gasteiger charge is -2.11. The van der Waals surface area contributed by atoms with Gasteiger partial charge < -0.3 is 9.15 Å². The average molecular weight is 320 g/mol. The maximum atomic E-state index is 12.4. The molecule has 6 heteroatoms. The van der Waals surface area contributed by atoms with Crippen molar-refractivity contribution >= 4 is 21.9 Å². The highest BCUT2D eigenvalue weighted by atomic mass is 32.2. The molecule has 0 spiro atoms. The van der Waals surface area contributed by atoms with Crippen LogP contribution in [0.15, 0.2) is 64.1 Å². The van der Waals surface area contributed by atoms with Gasteiger partial charge in [0.15, 0.2) is 9.84 Å². The van der Waals surface area contributed by atoms with Crippen LogP contribution in [0.2, 0.25) is 0 Å². The molecule has 0 aliphatic rings. The number of sulfone groups is 1. The summed E-state index contributed by atoms with van der Waals surface area (Å²) in [5, 5.41) is 0. The number of hydrogen-bond donors (Lipinski definition) is 0. The standard InChI is InChI=1S/C16H16O5S/c1-20-16(17)13(9-10-14-6-5-11-21-14)12-22(18,19)15-7-3-2-4-8-15/h2-11,13H,12H2,1H3/b10-9-. The minimum atomic E-state index is -3.59. The Bertz CT molecular complexity index is 730. The Morgan fingerprint density at radius 2 is 1.95 bits per heavy atom. The second-order valence-electron chi connectivity index (χ2n) is 4.60. The molecule has 0 aliphatic carbocycles. The predicted octanol–water partition coefficient (Wildman–Crippen LogP) is 2.56. The first-order valence-corrected chi connectivity index (χ1v) is 8.25. The van der Waals surface area contributed by atoms with E-state index in [-0.39, 0.29) is 10.6 Å². The van der Waals surface area contributed by atoms with E-state index in [0.717, 1.165) is 0 Å². The molecule has 2 rings (SSSR count). The highest BCUT2D eigenvalue weighted by Crippen LogP contribution is 2.17. The first kappa shape index (κ1) is 16.0. The van der Waals surface area contributed by atoms with Crippen molar-refractivity contribution in [2.45, 2.75) is 4.90 Å². The molecule has 0 radical (unpaired) electrons. The smallest absolute Gasteiger partial charge is 0.313 e. The number of methoxy groups -OCH3 is 1. The fourth-order valence-corrected chi connectivity index (χ4v) is 3.40. The van der Waals surface area contributed by atoms with E-state index in [1.807, 2.05) is 0 Å². The van der Waals surface area contributed by atoms with E-state index in [4.69, 9.17) is 4.42 Å². The summed E-state index contributed by atoms with van der Waals surface area (Å²) in [6.45, 7) is 0. The molecule has 1 aromatic heterocycles. The van der Waals surface area contributed by atoms with Crippen molar-refractivity contribution in [3.8, 4) is 0 Å². The average Bonchev–Trinajstić information content (AvgIpc) is 3.05. The molecular weight excluding hydrogens is 304 g/mol. The van der Waals surface area contributed by atoms with Gasteiger partial charge in [0.25, 0.3) is 0 Å². The molecule has 1 unspecified atom stereocenters. The zero-order valence-corrected chi connectivity index (χ0v) is 12.8. The van der Waals surface area contributed by atoms with Crippen molar-refractivity contribution in [2.75, 3.05) is 12.9 Å². The second-order valence-corrected chi connectivity index (χ2v) is 6.63. The third-order valence-electron chi connectivity index (χ3n) is 3.04. The predicted molar refractivity (Wildman–Crippen MR) is 81.7 cm³/mol. The van der Waals surface area contributed by atoms with Gasteiger partial charge in [-0.25, -0.2) is 8.42 Å². The van der Waals surface area contributed by atoms with Gasteiger partial charge in [-0.1, -0.05) is 24.3 Å². The van der Waals surface area contributed by atoms with Crippen LogP contribution in [0.3, 0.4) is 0 Å². The van der Waals surface area contributed by atoms with Crippen molar-refractivity contribution in [1.29, 1.82) is 0 Å². The number of furan rings is 1. The first-order valence-electron chi connectivity index (χ1n) is 6.60. The molecule has 0 aliphatic heterocycles. The van der Waals surface area contributed by atoms with E-state index in [9.17, 15) is 13.2 Å². The number of ether oxygens (including phenoxy) is 1. The fourth-order valence-electron chi connectivity index (χ4n) is 1.91. The summed E-state index contributed by atoms with van der Waals surface area (Å²) >= 11 is 0. The molecular formula is C16H16O5S. The zero-order valence-electron chi connectivity index (χ0n) is 12.0. The number of rotatable bonds is 6. The summed E-state index contributed by atoms with van der Waals surface area (Å²) in [6.07, 6.45) is 4.53. The van der Waals surface area contributed by atoms with E-state index in [1.165, 1.54) is 31.6 Å². The molecule has 0 N–H and O–H groups in total. The second kappa shape index (κ2) is 7.09. The summed E-state index contributed by atoms with van der Waals surface area (Å²) in [6, 6.07) is 11.4. The van der Waals surface area contributed by atoms with Gasteiger partial charge in [0.1, 0.15) is 5.76 Å². The quantitative estimate of drug-likeness (QED) is 0.765. The van der Waals surface area contributed by atoms with Crippen LogP contribution in [0.25, 0.3) is 6.08 Å². The van der Waals surface area contributed by atoms with Gasteiger partial charge in [0.05, 0.1) is 29.9 Å². The molecule has 0 amide bonds. The Balaban J connectivity index is 2.22. The molecule has 0 saturated heterocycles. The Morgan fingerprint density at radius 1 is 1.23 bits per heavy atom. The molecule has 1 heterocycles. The monoisotopic (exact) mass is 320 g/mol. The van der Waals surface area contributed by atoms with Crippen molar-refractivity contribution in [1.82, 2.24) is 0 Å². The van der Waals surface area contributed by atoms with Crippen molar-refractivity contribution in [3.63, 3.8) is 0 Å². The summed E-state index contributed by atoms with van der Waals surface area (Å²) in [5.41, 5.74) is 0. The van der Waals surface area contributed by atoms with Gasteiger partial charge in [-0.15, -0.1) is 0 Å². The lowest BCUT2D eigenvalue weighted by atomic mass is 10.1. The highest BCUT2D eigenvalue weighted by molar-refractivity contribution is 7.91. The summed E-state index contributed by atoms with van der Waals surface area (Å²) < 4.78 is 34.5. The van der Waals surface area contributed by atoms with Gasteiger partial charge in [0.2, 0.25) is 0 Å². The molecule has 116 valence electrons. The molecule has 5 nitrogen and oxygen atoms in total. The van der Waals surface area contributed by atoms with Gasteiger partial charge in [-0.3, -0.25) is 4.79 Å². The SMILES string of the molecule is COC(=O)C(/C=C\c1ccco1)CS(=O)(=O)c1ccccc1. The third-order valence-corrected chi connectivity index (χ3v) is 4.83. The first-order chi connectivity index (χ1) is 10.5. The molecule has 22 heavy (non-hydrogen) atoms. The molecule has 2 aromatic rings. The minimum absolute atomic E-state index is 0.176. The molecule has 0 fully saturated rings. The molecule has 1 atom stereocenters. The van der Waals surface area contributed by atoms with E-state index >= 15 is 0 Å². The Labute approximate surface area is 129 Å². The zero-order chi connectivity index (χ0) is 16.0. The van der Waals surface area contributed by atoms with E-state index in [1.54, 1.807) is 36.4 Å². The van der Waals surface area contributed by atoms with E-state index in [0.29, 0.717) is 5.76 Å². The molecule has 0 bridgehead atoms. The van der Waals surface area contributed by atoms with E-state index in [2.05, 4.69) is 4.74 Å². The lowest BCUT2D eigenvalue weighted by molar-refractivity contribution is -0.143. The van der Waals surface area contributed by atoms with Crippen LogP contribution in [0.5, 0.6) is 0 Å². The van der Waals surface area contributed by atoms with Gasteiger partial charge in [-0.2, -0.15) is 0 Å². The molecule has 0 saturated carbocycles. The Morgan fingerprint density at radius 3 is 2.55 bits per heavy atom. The highest BCUT2D eigenvalue weighted by Gasteiger charge is 2.25. The number of benzene rings is 1. The number of esters is 1. The van der Waals surface area contributed by atoms with Crippen molar-refractivity contribution in [3.05, 3.63) is 60.6 Å². The number of carbonyl (C=O) groups excluding carboxylic acids is 1. The van der Waals surface area contributed by atoms with Crippen LogP contribution in [0.1, 0.15) is 5.76 Å². The van der Waals surface area contributed by atoms with Crippen LogP contribution in [0.4, 0.5) is 0 Å². The van der Waals surface area contributed by atoms with Crippen LogP contribution < -0.4 is 0 Å². The minimum Gasteiger partial charge on any atom is -0.469 e. The van der Waals surface area contributed by atoms with Crippen molar-refractivity contribution < 1.29 is 22.4 Å². The molecule has 1 aromatic carbocycles. The fraction of sp³-hybridized carbons (Fsp3) is 0.188. The summed E-state index contributed by atoms with van der Waals surface area (Å²) in [5.74, 6) is -1.34. The van der Waals surface area contributed by atoms with Gasteiger partial charge in [0, 0.05) is 0 Å². The number of hydrogen-bond acceptors (Lipinski definition) is 5. The Kier molecular flexibility index (Phi) is 5.16. The third kappa shape index (κ3) is 4.08. The maximum absolute atomic E-state index is 12.4. The Hall–Kier alpha value is -2.34. The van der Waals surface area contributed by atoms with Crippen LogP contribution in [0, 0.1) is 5.92 Å². The van der Waals surface area contributed by atoms with Crippen molar-refractivity contribution in [2.24, 2.45) is 5.92 Å². The van der Waals surface area contributed by atoms with E-state index < -0.39 is 21.7 Å². The van der Waals surface area contributed by atoms with Gasteiger partial charge in [-0.05, 0) is 30.3 Å². The normalized spacial score (nSPS) is 13.1.